The van der Waals surface area contributed by atoms with Gasteiger partial charge in [0.15, 0.2) is 16.3 Å². The molecule has 1 aliphatic heterocycles. The Morgan fingerprint density at radius 3 is 1.74 bits per heavy atom. The summed E-state index contributed by atoms with van der Waals surface area (Å²) in [6, 6.07) is 0. The third-order valence-corrected chi connectivity index (χ3v) is 3.67. The van der Waals surface area contributed by atoms with Gasteiger partial charge in [-0.25, -0.2) is 8.42 Å². The predicted molar refractivity (Wildman–Crippen MR) is 53.1 cm³/mol. The molecule has 0 amide bonds. The van der Waals surface area contributed by atoms with Gasteiger partial charge in [-0.05, 0) is 0 Å². The predicted octanol–water partition coefficient (Wildman–Crippen LogP) is -1.10. The first kappa shape index (κ1) is 18.1. The third-order valence-electron chi connectivity index (χ3n) is 2.06. The Morgan fingerprint density at radius 2 is 1.63 bits per heavy atom. The summed E-state index contributed by atoms with van der Waals surface area (Å²) < 4.78 is 91.9. The van der Waals surface area contributed by atoms with E-state index in [2.05, 4.69) is 0 Å². The summed E-state index contributed by atoms with van der Waals surface area (Å²) in [7, 11) is -8.89. The molecule has 0 saturated heterocycles. The van der Waals surface area contributed by atoms with Crippen LogP contribution in [0, 0.1) is 0 Å². The van der Waals surface area contributed by atoms with Crippen molar-refractivity contribution >= 4 is 20.5 Å². The van der Waals surface area contributed by atoms with Crippen molar-refractivity contribution in [2.24, 2.45) is 0 Å². The number of halogens is 4. The number of alkyl halides is 3. The Morgan fingerprint density at radius 1 is 1.26 bits per heavy atom. The number of hydrogen-bond acceptors (Lipinski definition) is 6. The zero-order valence-electron chi connectivity index (χ0n) is 9.55. The first-order chi connectivity index (χ1) is 8.18. The maximum absolute atomic E-state index is 12.4. The van der Waals surface area contributed by atoms with Gasteiger partial charge in [0.25, 0.3) is 0 Å². The fourth-order valence-electron chi connectivity index (χ4n) is 0.945. The Labute approximate surface area is 107 Å². The van der Waals surface area contributed by atoms with E-state index < -0.39 is 26.0 Å². The fraction of sp³-hybridized carbons (Fsp3) is 0.667. The molecule has 0 aromatic heterocycles. The van der Waals surface area contributed by atoms with Crippen LogP contribution in [-0.4, -0.2) is 45.0 Å². The highest BCUT2D eigenvalue weighted by atomic mass is 32.3. The second-order valence-corrected chi connectivity index (χ2v) is 6.12. The Bertz CT molecular complexity index is 540. The largest absolute Gasteiger partial charge is 0.741 e. The molecule has 1 rings (SSSR count). The Balaban J connectivity index is 0.000000362. The molecule has 7 nitrogen and oxygen atoms in total. The van der Waals surface area contributed by atoms with Crippen LogP contribution in [0.5, 0.6) is 0 Å². The highest BCUT2D eigenvalue weighted by molar-refractivity contribution is 7.86. The third kappa shape index (κ3) is 5.30. The zero-order chi connectivity index (χ0) is 15.6. The first-order valence-electron chi connectivity index (χ1n) is 4.41. The van der Waals surface area contributed by atoms with Crippen LogP contribution in [-0.2, 0) is 20.5 Å². The van der Waals surface area contributed by atoms with Gasteiger partial charge in [0, 0.05) is 14.0 Å². The summed E-state index contributed by atoms with van der Waals surface area (Å²) >= 11 is 0. The molecule has 0 aromatic carbocycles. The second-order valence-electron chi connectivity index (χ2n) is 3.40. The lowest BCUT2D eigenvalue weighted by atomic mass is 10.6. The van der Waals surface area contributed by atoms with E-state index in [1.165, 1.54) is 12.4 Å². The molecule has 0 aromatic rings. The Hall–Kier alpha value is -0.920. The normalized spacial score (nSPS) is 24.1. The maximum Gasteiger partial charge on any atom is 0.485 e. The van der Waals surface area contributed by atoms with Gasteiger partial charge in [0.05, 0.1) is 6.20 Å². The molecule has 114 valence electrons. The summed E-state index contributed by atoms with van der Waals surface area (Å²) in [6.07, 6.45) is 2.43. The molecule has 0 spiro atoms. The molecule has 0 saturated carbocycles. The second kappa shape index (κ2) is 5.60. The van der Waals surface area contributed by atoms with Gasteiger partial charge in [-0.15, -0.1) is 8.42 Å². The number of hydrogen-bond donors (Lipinski definition) is 1. The average Bonchev–Trinajstić information content (AvgIpc) is 2.43. The molecule has 13 heteroatoms. The van der Waals surface area contributed by atoms with Crippen LogP contribution in [0.15, 0.2) is 12.4 Å². The number of nitrogens with zero attached hydrogens (tertiary/aromatic N) is 1. The van der Waals surface area contributed by atoms with Crippen LogP contribution in [0.1, 0.15) is 6.92 Å². The molecular weight excluding hydrogens is 320 g/mol. The van der Waals surface area contributed by atoms with Gasteiger partial charge in [-0.3, -0.25) is 0 Å². The molecule has 2 atom stereocenters. The van der Waals surface area contributed by atoms with Crippen molar-refractivity contribution in [2.45, 2.75) is 18.6 Å². The van der Waals surface area contributed by atoms with Crippen molar-refractivity contribution in [3.63, 3.8) is 0 Å². The average molecular weight is 330 g/mol. The lowest BCUT2D eigenvalue weighted by Gasteiger charge is -2.16. The van der Waals surface area contributed by atoms with Gasteiger partial charge in [0.2, 0.25) is 0 Å². The lowest BCUT2D eigenvalue weighted by molar-refractivity contribution is -0.745. The minimum Gasteiger partial charge on any atom is -0.741 e. The summed E-state index contributed by atoms with van der Waals surface area (Å²) in [5.74, 6) is 0. The van der Waals surface area contributed by atoms with Gasteiger partial charge in [-0.1, -0.05) is 3.89 Å². The summed E-state index contributed by atoms with van der Waals surface area (Å²) in [5.41, 5.74) is -5.65. The van der Waals surface area contributed by atoms with Crippen LogP contribution in [0.2, 0.25) is 0 Å². The van der Waals surface area contributed by atoms with E-state index in [4.69, 9.17) is 13.0 Å². The highest BCUT2D eigenvalue weighted by Crippen LogP contribution is 2.20. The van der Waals surface area contributed by atoms with Crippen molar-refractivity contribution in [3.8, 4) is 0 Å². The van der Waals surface area contributed by atoms with E-state index in [0.717, 1.165) is 0 Å². The summed E-state index contributed by atoms with van der Waals surface area (Å²) in [4.78, 5) is 1.63. The molecule has 2 unspecified atom stereocenters. The molecule has 1 aliphatic rings. The van der Waals surface area contributed by atoms with Gasteiger partial charge >= 0.3 is 15.9 Å². The number of rotatable bonds is 1. The lowest BCUT2D eigenvalue weighted by Crippen LogP contribution is -3.11. The quantitative estimate of drug-likeness (QED) is 0.284. The van der Waals surface area contributed by atoms with Crippen molar-refractivity contribution in [1.29, 1.82) is 0 Å². The van der Waals surface area contributed by atoms with E-state index in [9.17, 15) is 25.5 Å². The molecule has 0 fully saturated rings. The van der Waals surface area contributed by atoms with Crippen molar-refractivity contribution < 1.29 is 42.8 Å². The molecule has 0 radical (unpaired) electrons. The van der Waals surface area contributed by atoms with Crippen molar-refractivity contribution in [3.05, 3.63) is 12.4 Å². The molecule has 19 heavy (non-hydrogen) atoms. The van der Waals surface area contributed by atoms with Gasteiger partial charge in [0.1, 0.15) is 6.20 Å². The Kier molecular flexibility index (Phi) is 5.33. The smallest absolute Gasteiger partial charge is 0.485 e. The summed E-state index contributed by atoms with van der Waals surface area (Å²) in [5, 5.41) is 0. The van der Waals surface area contributed by atoms with Gasteiger partial charge < -0.3 is 9.45 Å². The van der Waals surface area contributed by atoms with E-state index in [1.807, 2.05) is 0 Å². The first-order valence-corrected chi connectivity index (χ1v) is 7.21. The molecular formula is C6H10F4N2O5S2. The standard InChI is InChI=1S/C5H9FN2O2S.CHF3O3S/c1-5-7(2)3-4-8(5)11(6,9)10;2-1(3,4)8(5,6)7/h3-5H,1-2H3;(H,5,6,7). The molecule has 1 heterocycles. The van der Waals surface area contributed by atoms with Crippen molar-refractivity contribution in [1.82, 2.24) is 4.90 Å². The maximum atomic E-state index is 12.4. The monoisotopic (exact) mass is 330 g/mol. The van der Waals surface area contributed by atoms with Crippen molar-refractivity contribution in [2.75, 3.05) is 7.05 Å². The van der Waals surface area contributed by atoms with E-state index in [1.54, 1.807) is 18.9 Å². The number of quaternary nitrogens is 1. The van der Waals surface area contributed by atoms with Crippen LogP contribution < -0.4 is 4.31 Å². The van der Waals surface area contributed by atoms with Gasteiger partial charge in [-0.2, -0.15) is 17.5 Å². The SMILES string of the molecule is CC1N(C)C=C[NH+]1S(=O)(=O)F.O=S(=O)([O-])C(F)(F)F. The number of nitrogens with one attached hydrogen (secondary N) is 1. The summed E-state index contributed by atoms with van der Waals surface area (Å²) in [6.45, 7) is 1.63. The van der Waals surface area contributed by atoms with Crippen LogP contribution in [0.4, 0.5) is 17.1 Å². The van der Waals surface area contributed by atoms with Crippen LogP contribution in [0.3, 0.4) is 0 Å². The minimum atomic E-state index is -6.09. The van der Waals surface area contributed by atoms with E-state index in [-0.39, 0.29) is 10.5 Å². The highest BCUT2D eigenvalue weighted by Gasteiger charge is 2.37. The topological polar surface area (TPSA) is 99.0 Å². The van der Waals surface area contributed by atoms with Crippen LogP contribution in [0.25, 0.3) is 0 Å². The fourth-order valence-corrected chi connectivity index (χ4v) is 1.74. The van der Waals surface area contributed by atoms with E-state index in [0.29, 0.717) is 0 Å². The molecule has 1 N–H and O–H groups in total. The van der Waals surface area contributed by atoms with Crippen LogP contribution >= 0.6 is 0 Å². The molecule has 0 aliphatic carbocycles. The van der Waals surface area contributed by atoms with E-state index >= 15 is 0 Å². The zero-order valence-corrected chi connectivity index (χ0v) is 11.2. The minimum absolute atomic E-state index is 0.167. The molecule has 0 bridgehead atoms.